The number of rotatable bonds is 5. The van der Waals surface area contributed by atoms with Crippen molar-refractivity contribution in [3.05, 3.63) is 54.0 Å². The largest absolute Gasteiger partial charge is 0.482 e. The molecule has 6 heteroatoms. The van der Waals surface area contributed by atoms with Gasteiger partial charge >= 0.3 is 0 Å². The third-order valence-corrected chi connectivity index (χ3v) is 2.59. The molecule has 2 rings (SSSR count). The molecule has 1 N–H and O–H groups in total. The van der Waals surface area contributed by atoms with Crippen molar-refractivity contribution in [1.82, 2.24) is 5.43 Å². The fraction of sp³-hybridized carbons (Fsp3) is 0.133. The van der Waals surface area contributed by atoms with Crippen molar-refractivity contribution in [3.63, 3.8) is 0 Å². The molecule has 0 radical (unpaired) electrons. The number of carbonyl (C=O) groups is 1. The molecule has 1 amide bonds. The second-order valence-electron chi connectivity index (χ2n) is 4.11. The molecule has 2 aromatic rings. The van der Waals surface area contributed by atoms with Crippen molar-refractivity contribution in [3.8, 4) is 11.8 Å². The Labute approximate surface area is 121 Å². The lowest BCUT2D eigenvalue weighted by Crippen LogP contribution is -2.25. The molecule has 0 aliphatic carbocycles. The number of amides is 1. The van der Waals surface area contributed by atoms with Gasteiger partial charge < -0.3 is 9.15 Å². The topological polar surface area (TPSA) is 87.6 Å². The maximum absolute atomic E-state index is 11.6. The molecule has 0 unspecified atom stereocenters. The number of hydrogen-bond donors (Lipinski definition) is 1. The number of nitrogens with zero attached hydrogens (tertiary/aromatic N) is 2. The molecule has 0 atom stereocenters. The summed E-state index contributed by atoms with van der Waals surface area (Å²) in [5.74, 6) is 0.515. The Morgan fingerprint density at radius 1 is 1.38 bits per heavy atom. The fourth-order valence-corrected chi connectivity index (χ4v) is 1.55. The van der Waals surface area contributed by atoms with Crippen molar-refractivity contribution in [2.45, 2.75) is 6.92 Å². The summed E-state index contributed by atoms with van der Waals surface area (Å²) < 4.78 is 10.4. The molecule has 1 aromatic carbocycles. The van der Waals surface area contributed by atoms with Gasteiger partial charge in [-0.2, -0.15) is 10.4 Å². The van der Waals surface area contributed by atoms with Gasteiger partial charge in [0.25, 0.3) is 5.91 Å². The lowest BCUT2D eigenvalue weighted by Gasteiger charge is -2.06. The van der Waals surface area contributed by atoms with Crippen LogP contribution in [0.4, 0.5) is 0 Å². The fourth-order valence-electron chi connectivity index (χ4n) is 1.55. The van der Waals surface area contributed by atoms with Crippen molar-refractivity contribution >= 4 is 11.6 Å². The minimum Gasteiger partial charge on any atom is -0.482 e. The molecule has 0 saturated carbocycles. The van der Waals surface area contributed by atoms with Gasteiger partial charge in [-0.05, 0) is 31.2 Å². The predicted molar refractivity (Wildman–Crippen MR) is 75.7 cm³/mol. The van der Waals surface area contributed by atoms with Gasteiger partial charge in [-0.15, -0.1) is 0 Å². The standard InChI is InChI=1S/C15H13N3O3/c1-11(13-7-4-8-20-13)17-18-15(19)10-21-14-6-3-2-5-12(14)9-16/h2-8H,10H2,1H3,(H,18,19)/b17-11-. The zero-order chi connectivity index (χ0) is 15.1. The van der Waals surface area contributed by atoms with Gasteiger partial charge in [0.05, 0.1) is 11.8 Å². The highest BCUT2D eigenvalue weighted by Gasteiger charge is 2.06. The normalized spacial score (nSPS) is 10.8. The van der Waals surface area contributed by atoms with E-state index < -0.39 is 5.91 Å². The average Bonchev–Trinajstić information content (AvgIpc) is 3.05. The van der Waals surface area contributed by atoms with Gasteiger partial charge in [0.15, 0.2) is 6.61 Å². The van der Waals surface area contributed by atoms with E-state index in [9.17, 15) is 4.79 Å². The van der Waals surface area contributed by atoms with Crippen LogP contribution in [0.5, 0.6) is 5.75 Å². The SMILES string of the molecule is C/C(=N/NC(=O)COc1ccccc1C#N)c1ccco1. The van der Waals surface area contributed by atoms with Crippen LogP contribution in [0.1, 0.15) is 18.2 Å². The van der Waals surface area contributed by atoms with Crippen molar-refractivity contribution in [1.29, 1.82) is 5.26 Å². The summed E-state index contributed by atoms with van der Waals surface area (Å²) in [6.07, 6.45) is 1.53. The third-order valence-electron chi connectivity index (χ3n) is 2.59. The first-order valence-corrected chi connectivity index (χ1v) is 6.19. The third kappa shape index (κ3) is 3.94. The number of ether oxygens (including phenoxy) is 1. The zero-order valence-electron chi connectivity index (χ0n) is 11.4. The number of hydrazone groups is 1. The van der Waals surface area contributed by atoms with E-state index in [1.165, 1.54) is 6.26 Å². The molecular formula is C15H13N3O3. The highest BCUT2D eigenvalue weighted by Crippen LogP contribution is 2.16. The van der Waals surface area contributed by atoms with E-state index >= 15 is 0 Å². The quantitative estimate of drug-likeness (QED) is 0.672. The van der Waals surface area contributed by atoms with Crippen LogP contribution in [-0.2, 0) is 4.79 Å². The summed E-state index contributed by atoms with van der Waals surface area (Å²) in [5.41, 5.74) is 3.28. The Bertz CT molecular complexity index is 684. The molecular weight excluding hydrogens is 270 g/mol. The zero-order valence-corrected chi connectivity index (χ0v) is 11.4. The van der Waals surface area contributed by atoms with Crippen LogP contribution in [0.25, 0.3) is 0 Å². The number of benzene rings is 1. The number of nitriles is 1. The minimum atomic E-state index is -0.423. The molecule has 1 aromatic heterocycles. The summed E-state index contributed by atoms with van der Waals surface area (Å²) in [4.78, 5) is 11.6. The van der Waals surface area contributed by atoms with E-state index in [1.54, 1.807) is 43.3 Å². The van der Waals surface area contributed by atoms with Gasteiger partial charge in [-0.1, -0.05) is 12.1 Å². The summed E-state index contributed by atoms with van der Waals surface area (Å²) >= 11 is 0. The van der Waals surface area contributed by atoms with E-state index in [1.807, 2.05) is 6.07 Å². The van der Waals surface area contributed by atoms with Gasteiger partial charge in [0, 0.05) is 0 Å². The summed E-state index contributed by atoms with van der Waals surface area (Å²) in [5, 5.41) is 12.8. The summed E-state index contributed by atoms with van der Waals surface area (Å²) in [6, 6.07) is 12.2. The summed E-state index contributed by atoms with van der Waals surface area (Å²) in [7, 11) is 0. The average molecular weight is 283 g/mol. The number of para-hydroxylation sites is 1. The Kier molecular flexibility index (Phi) is 4.72. The number of carbonyl (C=O) groups excluding carboxylic acids is 1. The van der Waals surface area contributed by atoms with Gasteiger partial charge in [-0.25, -0.2) is 5.43 Å². The smallest absolute Gasteiger partial charge is 0.277 e. The Morgan fingerprint density at radius 2 is 2.19 bits per heavy atom. The molecule has 0 aliphatic rings. The molecule has 0 fully saturated rings. The van der Waals surface area contributed by atoms with E-state index in [0.717, 1.165) is 0 Å². The lowest BCUT2D eigenvalue weighted by atomic mass is 10.2. The first kappa shape index (κ1) is 14.3. The molecule has 6 nitrogen and oxygen atoms in total. The first-order valence-electron chi connectivity index (χ1n) is 6.19. The monoisotopic (exact) mass is 283 g/mol. The maximum atomic E-state index is 11.6. The van der Waals surface area contributed by atoms with Crippen molar-refractivity contribution in [2.75, 3.05) is 6.61 Å². The van der Waals surface area contributed by atoms with Crippen LogP contribution in [0, 0.1) is 11.3 Å². The summed E-state index contributed by atoms with van der Waals surface area (Å²) in [6.45, 7) is 1.48. The minimum absolute atomic E-state index is 0.229. The Morgan fingerprint density at radius 3 is 2.90 bits per heavy atom. The molecule has 0 aliphatic heterocycles. The highest BCUT2D eigenvalue weighted by molar-refractivity contribution is 5.96. The molecule has 21 heavy (non-hydrogen) atoms. The van der Waals surface area contributed by atoms with E-state index in [0.29, 0.717) is 22.8 Å². The second-order valence-corrected chi connectivity index (χ2v) is 4.11. The number of hydrogen-bond acceptors (Lipinski definition) is 5. The van der Waals surface area contributed by atoms with Gasteiger partial charge in [0.1, 0.15) is 23.3 Å². The van der Waals surface area contributed by atoms with Crippen LogP contribution in [0.3, 0.4) is 0 Å². The molecule has 1 heterocycles. The van der Waals surface area contributed by atoms with Crippen LogP contribution in [0.15, 0.2) is 52.2 Å². The van der Waals surface area contributed by atoms with Crippen LogP contribution >= 0.6 is 0 Å². The Hall–Kier alpha value is -3.07. The lowest BCUT2D eigenvalue weighted by molar-refractivity contribution is -0.123. The van der Waals surface area contributed by atoms with E-state index in [2.05, 4.69) is 10.5 Å². The van der Waals surface area contributed by atoms with Crippen molar-refractivity contribution in [2.24, 2.45) is 5.10 Å². The van der Waals surface area contributed by atoms with Gasteiger partial charge in [-0.3, -0.25) is 4.79 Å². The van der Waals surface area contributed by atoms with E-state index in [-0.39, 0.29) is 6.61 Å². The first-order chi connectivity index (χ1) is 10.2. The van der Waals surface area contributed by atoms with E-state index in [4.69, 9.17) is 14.4 Å². The van der Waals surface area contributed by atoms with Gasteiger partial charge in [0.2, 0.25) is 0 Å². The maximum Gasteiger partial charge on any atom is 0.277 e. The number of nitrogens with one attached hydrogen (secondary N) is 1. The number of furan rings is 1. The Balaban J connectivity index is 1.88. The van der Waals surface area contributed by atoms with Crippen LogP contribution in [-0.4, -0.2) is 18.2 Å². The van der Waals surface area contributed by atoms with Crippen LogP contribution < -0.4 is 10.2 Å². The second kappa shape index (κ2) is 6.91. The van der Waals surface area contributed by atoms with Crippen molar-refractivity contribution < 1.29 is 13.9 Å². The highest BCUT2D eigenvalue weighted by atomic mass is 16.5. The predicted octanol–water partition coefficient (Wildman–Crippen LogP) is 2.07. The molecule has 0 spiro atoms. The van der Waals surface area contributed by atoms with Crippen LogP contribution in [0.2, 0.25) is 0 Å². The molecule has 0 bridgehead atoms. The molecule has 106 valence electrons. The molecule has 0 saturated heterocycles.